The molecule has 2 aromatic carbocycles. The number of hydrogen-bond donors (Lipinski definition) is 2. The number of nitrogens with zero attached hydrogens (tertiary/aromatic N) is 2. The monoisotopic (exact) mass is 410 g/mol. The molecule has 2 rings (SSSR count). The number of carbonyl (C=O) groups is 2. The van der Waals surface area contributed by atoms with Crippen molar-refractivity contribution in [2.24, 2.45) is 0 Å². The topological polar surface area (TPSA) is 85.2 Å². The van der Waals surface area contributed by atoms with E-state index in [9.17, 15) is 9.59 Å². The van der Waals surface area contributed by atoms with Gasteiger partial charge in [0.1, 0.15) is 0 Å². The average molecular weight is 411 g/mol. The second-order valence-corrected chi connectivity index (χ2v) is 8.00. The molecule has 6 nitrogen and oxygen atoms in total. The Morgan fingerprint density at radius 2 is 1.62 bits per heavy atom. The van der Waals surface area contributed by atoms with Gasteiger partial charge in [-0.15, -0.1) is 11.8 Å². The van der Waals surface area contributed by atoms with Crippen LogP contribution in [0.15, 0.2) is 41.3 Å². The first-order valence-electron chi connectivity index (χ1n) is 9.25. The summed E-state index contributed by atoms with van der Waals surface area (Å²) < 4.78 is 0. The summed E-state index contributed by atoms with van der Waals surface area (Å²) in [5, 5.41) is 14.6. The van der Waals surface area contributed by atoms with Crippen molar-refractivity contribution in [1.82, 2.24) is 4.90 Å². The van der Waals surface area contributed by atoms with E-state index in [0.717, 1.165) is 27.3 Å². The molecule has 0 aliphatic heterocycles. The van der Waals surface area contributed by atoms with Crippen LogP contribution in [-0.2, 0) is 9.59 Å². The number of aryl methyl sites for hydroxylation is 3. The Hall–Kier alpha value is -2.82. The Balaban J connectivity index is 1.91. The average Bonchev–Trinajstić information content (AvgIpc) is 2.63. The van der Waals surface area contributed by atoms with Crippen molar-refractivity contribution in [1.29, 1.82) is 5.26 Å². The van der Waals surface area contributed by atoms with E-state index in [2.05, 4.69) is 16.7 Å². The Morgan fingerprint density at radius 3 is 2.24 bits per heavy atom. The lowest BCUT2D eigenvalue weighted by Gasteiger charge is -2.18. The quantitative estimate of drug-likeness (QED) is 0.648. The number of nitriles is 1. The smallest absolute Gasteiger partial charge is 0.238 e. The second-order valence-electron chi connectivity index (χ2n) is 6.99. The minimum Gasteiger partial charge on any atom is -0.324 e. The zero-order valence-corrected chi connectivity index (χ0v) is 18.0. The number of benzene rings is 2. The van der Waals surface area contributed by atoms with Gasteiger partial charge in [-0.25, -0.2) is 0 Å². The van der Waals surface area contributed by atoms with E-state index >= 15 is 0 Å². The van der Waals surface area contributed by atoms with Crippen molar-refractivity contribution < 1.29 is 9.59 Å². The maximum Gasteiger partial charge on any atom is 0.238 e. The normalized spacial score (nSPS) is 10.5. The number of hydrogen-bond acceptors (Lipinski definition) is 5. The number of para-hydroxylation sites is 1. The van der Waals surface area contributed by atoms with Crippen LogP contribution in [0.25, 0.3) is 0 Å². The minimum absolute atomic E-state index is 0.0799. The van der Waals surface area contributed by atoms with Gasteiger partial charge in [0.25, 0.3) is 0 Å². The molecular weight excluding hydrogens is 384 g/mol. The summed E-state index contributed by atoms with van der Waals surface area (Å²) in [5.41, 5.74) is 4.67. The largest absolute Gasteiger partial charge is 0.324 e. The SMILES string of the molecule is Cc1cc(C)c(NC(=O)CN(C)CC(=O)Nc2ccccc2SCC#N)c(C)c1. The van der Waals surface area contributed by atoms with Gasteiger partial charge in [-0.05, 0) is 51.1 Å². The van der Waals surface area contributed by atoms with Crippen LogP contribution in [0, 0.1) is 32.1 Å². The highest BCUT2D eigenvalue weighted by molar-refractivity contribution is 7.99. The maximum absolute atomic E-state index is 12.4. The second kappa shape index (κ2) is 10.6. The molecule has 0 spiro atoms. The lowest BCUT2D eigenvalue weighted by molar-refractivity contribution is -0.119. The Bertz CT molecular complexity index is 914. The van der Waals surface area contributed by atoms with Crippen molar-refractivity contribution in [2.45, 2.75) is 25.7 Å². The molecule has 2 aromatic rings. The molecule has 0 aromatic heterocycles. The van der Waals surface area contributed by atoms with Gasteiger partial charge in [-0.2, -0.15) is 5.26 Å². The number of likely N-dealkylation sites (N-methyl/N-ethyl adjacent to an activating group) is 1. The molecule has 0 saturated carbocycles. The molecule has 2 N–H and O–H groups in total. The Labute approximate surface area is 176 Å². The fraction of sp³-hybridized carbons (Fsp3) is 0.318. The third-order valence-corrected chi connectivity index (χ3v) is 5.16. The van der Waals surface area contributed by atoms with Gasteiger partial charge in [0.15, 0.2) is 0 Å². The molecule has 0 radical (unpaired) electrons. The van der Waals surface area contributed by atoms with E-state index in [-0.39, 0.29) is 24.9 Å². The molecule has 0 bridgehead atoms. The third kappa shape index (κ3) is 6.93. The molecule has 7 heteroatoms. The van der Waals surface area contributed by atoms with Crippen LogP contribution in [0.5, 0.6) is 0 Å². The van der Waals surface area contributed by atoms with Gasteiger partial charge < -0.3 is 10.6 Å². The van der Waals surface area contributed by atoms with Crippen LogP contribution in [0.4, 0.5) is 11.4 Å². The highest BCUT2D eigenvalue weighted by Gasteiger charge is 2.14. The fourth-order valence-corrected chi connectivity index (χ4v) is 3.77. The van der Waals surface area contributed by atoms with Gasteiger partial charge >= 0.3 is 0 Å². The van der Waals surface area contributed by atoms with E-state index in [1.54, 1.807) is 18.0 Å². The van der Waals surface area contributed by atoms with Gasteiger partial charge in [0, 0.05) is 10.6 Å². The first-order chi connectivity index (χ1) is 13.8. The van der Waals surface area contributed by atoms with Crippen LogP contribution in [0.3, 0.4) is 0 Å². The number of carbonyl (C=O) groups excluding carboxylic acids is 2. The summed E-state index contributed by atoms with van der Waals surface area (Å²) in [6.45, 7) is 6.14. The minimum atomic E-state index is -0.215. The zero-order valence-electron chi connectivity index (χ0n) is 17.2. The molecule has 2 amide bonds. The van der Waals surface area contributed by atoms with Crippen molar-refractivity contribution in [3.05, 3.63) is 53.1 Å². The van der Waals surface area contributed by atoms with Gasteiger partial charge in [0.05, 0.1) is 30.6 Å². The summed E-state index contributed by atoms with van der Waals surface area (Å²) in [6, 6.07) is 13.5. The molecule has 0 aliphatic rings. The standard InChI is InChI=1S/C22H26N4O2S/c1-15-11-16(2)22(17(3)12-15)25-21(28)14-26(4)13-20(27)24-18-7-5-6-8-19(18)29-10-9-23/h5-8,11-12H,10,13-14H2,1-4H3,(H,24,27)(H,25,28). The van der Waals surface area contributed by atoms with Gasteiger partial charge in [0.2, 0.25) is 11.8 Å². The summed E-state index contributed by atoms with van der Waals surface area (Å²) >= 11 is 1.37. The number of nitrogens with one attached hydrogen (secondary N) is 2. The highest BCUT2D eigenvalue weighted by Crippen LogP contribution is 2.26. The fourth-order valence-electron chi connectivity index (χ4n) is 3.10. The van der Waals surface area contributed by atoms with Crippen molar-refractivity contribution >= 4 is 35.0 Å². The van der Waals surface area contributed by atoms with Crippen molar-refractivity contribution in [2.75, 3.05) is 36.5 Å². The highest BCUT2D eigenvalue weighted by atomic mass is 32.2. The lowest BCUT2D eigenvalue weighted by atomic mass is 10.1. The summed E-state index contributed by atoms with van der Waals surface area (Å²) in [5.74, 6) is -0.0709. The molecule has 0 fully saturated rings. The van der Waals surface area contributed by atoms with E-state index in [1.165, 1.54) is 11.8 Å². The predicted octanol–water partition coefficient (Wildman–Crippen LogP) is 3.74. The first kappa shape index (κ1) is 22.5. The molecular formula is C22H26N4O2S. The number of anilines is 2. The predicted molar refractivity (Wildman–Crippen MR) is 118 cm³/mol. The Morgan fingerprint density at radius 1 is 1.03 bits per heavy atom. The number of rotatable bonds is 8. The summed E-state index contributed by atoms with van der Waals surface area (Å²) in [7, 11) is 1.73. The molecule has 0 saturated heterocycles. The third-order valence-electron chi connectivity index (χ3n) is 4.22. The number of amides is 2. The summed E-state index contributed by atoms with van der Waals surface area (Å²) in [4.78, 5) is 27.3. The van der Waals surface area contributed by atoms with E-state index in [1.807, 2.05) is 51.1 Å². The molecule has 0 unspecified atom stereocenters. The van der Waals surface area contributed by atoms with Crippen molar-refractivity contribution in [3.8, 4) is 6.07 Å². The van der Waals surface area contributed by atoms with Gasteiger partial charge in [-0.3, -0.25) is 14.5 Å². The molecule has 29 heavy (non-hydrogen) atoms. The summed E-state index contributed by atoms with van der Waals surface area (Å²) in [6.07, 6.45) is 0. The Kier molecular flexibility index (Phi) is 8.25. The number of thioether (sulfide) groups is 1. The molecule has 0 heterocycles. The van der Waals surface area contributed by atoms with Crippen LogP contribution >= 0.6 is 11.8 Å². The lowest BCUT2D eigenvalue weighted by Crippen LogP contribution is -2.36. The molecule has 0 atom stereocenters. The van der Waals surface area contributed by atoms with Gasteiger partial charge in [-0.1, -0.05) is 29.8 Å². The van der Waals surface area contributed by atoms with Crippen LogP contribution < -0.4 is 10.6 Å². The van der Waals surface area contributed by atoms with E-state index in [0.29, 0.717) is 11.4 Å². The van der Waals surface area contributed by atoms with Crippen molar-refractivity contribution in [3.63, 3.8) is 0 Å². The molecule has 0 aliphatic carbocycles. The van der Waals surface area contributed by atoms with Crippen LogP contribution in [0.1, 0.15) is 16.7 Å². The maximum atomic E-state index is 12.4. The first-order valence-corrected chi connectivity index (χ1v) is 10.2. The van der Waals surface area contributed by atoms with E-state index in [4.69, 9.17) is 5.26 Å². The zero-order chi connectivity index (χ0) is 21.4. The van der Waals surface area contributed by atoms with Crippen LogP contribution in [0.2, 0.25) is 0 Å². The molecule has 152 valence electrons. The van der Waals surface area contributed by atoms with Crippen LogP contribution in [-0.4, -0.2) is 42.6 Å². The van der Waals surface area contributed by atoms with E-state index < -0.39 is 0 Å².